The van der Waals surface area contributed by atoms with Gasteiger partial charge in [-0.15, -0.1) is 0 Å². The van der Waals surface area contributed by atoms with E-state index in [0.29, 0.717) is 23.2 Å². The van der Waals surface area contributed by atoms with Crippen LogP contribution in [0.5, 0.6) is 0 Å². The number of halogens is 1. The van der Waals surface area contributed by atoms with E-state index in [0.717, 1.165) is 5.69 Å². The van der Waals surface area contributed by atoms with Crippen LogP contribution in [0.1, 0.15) is 5.69 Å². The minimum Gasteiger partial charge on any atom is -0.452 e. The number of aromatic nitrogens is 1. The highest BCUT2D eigenvalue weighted by atomic mass is 35.5. The van der Waals surface area contributed by atoms with Crippen molar-refractivity contribution in [3.63, 3.8) is 0 Å². The topological polar surface area (TPSA) is 51.2 Å². The van der Waals surface area contributed by atoms with Gasteiger partial charge in [0.05, 0.1) is 17.5 Å². The Morgan fingerprint density at radius 1 is 1.50 bits per heavy atom. The second-order valence-corrected chi connectivity index (χ2v) is 3.13. The zero-order chi connectivity index (χ0) is 9.97. The van der Waals surface area contributed by atoms with Crippen molar-refractivity contribution in [2.24, 2.45) is 0 Å². The molecule has 0 spiro atoms. The predicted octanol–water partition coefficient (Wildman–Crippen LogP) is 2.31. The fourth-order valence-electron chi connectivity index (χ4n) is 1.14. The molecular weight excluding hydrogens is 204 g/mol. The van der Waals surface area contributed by atoms with E-state index >= 15 is 0 Å². The Kier molecular flexibility index (Phi) is 2.56. The maximum Gasteiger partial charge on any atom is 0.231 e. The summed E-state index contributed by atoms with van der Waals surface area (Å²) in [6, 6.07) is 1.72. The Morgan fingerprint density at radius 2 is 2.36 bits per heavy atom. The number of oxazole rings is 1. The van der Waals surface area contributed by atoms with E-state index in [1.165, 1.54) is 6.26 Å². The SMILES string of the molecule is CNCc1coc(-c2ccoc2Cl)n1. The van der Waals surface area contributed by atoms with Crippen molar-refractivity contribution in [1.82, 2.24) is 10.3 Å². The number of rotatable bonds is 3. The molecule has 4 nitrogen and oxygen atoms in total. The van der Waals surface area contributed by atoms with Gasteiger partial charge in [-0.25, -0.2) is 4.98 Å². The van der Waals surface area contributed by atoms with Gasteiger partial charge in [-0.05, 0) is 24.7 Å². The normalized spacial score (nSPS) is 10.7. The van der Waals surface area contributed by atoms with Crippen LogP contribution in [0.3, 0.4) is 0 Å². The lowest BCUT2D eigenvalue weighted by atomic mass is 10.3. The molecule has 0 aromatic carbocycles. The molecule has 0 aliphatic heterocycles. The Balaban J connectivity index is 2.29. The molecule has 0 aliphatic carbocycles. The van der Waals surface area contributed by atoms with Crippen molar-refractivity contribution in [1.29, 1.82) is 0 Å². The maximum atomic E-state index is 5.78. The molecule has 74 valence electrons. The van der Waals surface area contributed by atoms with E-state index in [2.05, 4.69) is 10.3 Å². The first-order valence-electron chi connectivity index (χ1n) is 4.13. The van der Waals surface area contributed by atoms with Crippen LogP contribution in [0.15, 0.2) is 27.4 Å². The molecule has 0 saturated carbocycles. The zero-order valence-electron chi connectivity index (χ0n) is 7.58. The summed E-state index contributed by atoms with van der Waals surface area (Å²) in [5.41, 5.74) is 1.51. The fourth-order valence-corrected chi connectivity index (χ4v) is 1.33. The van der Waals surface area contributed by atoms with E-state index in [1.807, 2.05) is 7.05 Å². The van der Waals surface area contributed by atoms with E-state index < -0.39 is 0 Å². The van der Waals surface area contributed by atoms with Gasteiger partial charge in [0.25, 0.3) is 0 Å². The minimum absolute atomic E-state index is 0.294. The van der Waals surface area contributed by atoms with Crippen LogP contribution in [-0.2, 0) is 6.54 Å². The highest BCUT2D eigenvalue weighted by Gasteiger charge is 2.12. The summed E-state index contributed by atoms with van der Waals surface area (Å²) in [5, 5.41) is 3.27. The summed E-state index contributed by atoms with van der Waals surface area (Å²) in [7, 11) is 1.85. The van der Waals surface area contributed by atoms with Gasteiger partial charge in [-0.2, -0.15) is 0 Å². The number of nitrogens with one attached hydrogen (secondary N) is 1. The van der Waals surface area contributed by atoms with Gasteiger partial charge < -0.3 is 14.2 Å². The number of hydrogen-bond donors (Lipinski definition) is 1. The molecule has 14 heavy (non-hydrogen) atoms. The van der Waals surface area contributed by atoms with Crippen LogP contribution in [0, 0.1) is 0 Å². The summed E-state index contributed by atoms with van der Waals surface area (Å²) in [6.07, 6.45) is 3.09. The van der Waals surface area contributed by atoms with E-state index in [4.69, 9.17) is 20.4 Å². The summed E-state index contributed by atoms with van der Waals surface area (Å²) < 4.78 is 10.2. The molecule has 0 saturated heterocycles. The molecule has 1 N–H and O–H groups in total. The van der Waals surface area contributed by atoms with Crippen molar-refractivity contribution in [3.05, 3.63) is 29.5 Å². The number of nitrogens with zero attached hydrogens (tertiary/aromatic N) is 1. The molecule has 2 aromatic heterocycles. The highest BCUT2D eigenvalue weighted by Crippen LogP contribution is 2.27. The quantitative estimate of drug-likeness (QED) is 0.848. The smallest absolute Gasteiger partial charge is 0.231 e. The molecule has 0 radical (unpaired) electrons. The molecular formula is C9H9ClN2O2. The molecule has 0 atom stereocenters. The molecule has 2 aromatic rings. The fraction of sp³-hybridized carbons (Fsp3) is 0.222. The van der Waals surface area contributed by atoms with Gasteiger partial charge in [-0.1, -0.05) is 0 Å². The largest absolute Gasteiger partial charge is 0.452 e. The average molecular weight is 213 g/mol. The van der Waals surface area contributed by atoms with Crippen LogP contribution in [0.4, 0.5) is 0 Å². The van der Waals surface area contributed by atoms with E-state index in [9.17, 15) is 0 Å². The second kappa shape index (κ2) is 3.86. The van der Waals surface area contributed by atoms with Gasteiger partial charge in [0.15, 0.2) is 0 Å². The molecule has 0 unspecified atom stereocenters. The van der Waals surface area contributed by atoms with Gasteiger partial charge in [0.1, 0.15) is 6.26 Å². The zero-order valence-corrected chi connectivity index (χ0v) is 8.34. The third kappa shape index (κ3) is 1.66. The summed E-state index contributed by atoms with van der Waals surface area (Å²) in [5.74, 6) is 0.481. The van der Waals surface area contributed by atoms with E-state index in [1.54, 1.807) is 12.3 Å². The first-order valence-corrected chi connectivity index (χ1v) is 4.51. The Morgan fingerprint density at radius 3 is 3.00 bits per heavy atom. The number of hydrogen-bond acceptors (Lipinski definition) is 4. The van der Waals surface area contributed by atoms with Crippen molar-refractivity contribution in [2.45, 2.75) is 6.54 Å². The lowest BCUT2D eigenvalue weighted by Crippen LogP contribution is -2.04. The van der Waals surface area contributed by atoms with Crippen LogP contribution < -0.4 is 5.32 Å². The first kappa shape index (κ1) is 9.30. The van der Waals surface area contributed by atoms with E-state index in [-0.39, 0.29) is 0 Å². The lowest BCUT2D eigenvalue weighted by molar-refractivity contribution is 0.557. The standard InChI is InChI=1S/C9H9ClN2O2/c1-11-4-6-5-14-9(12-6)7-2-3-13-8(7)10/h2-3,5,11H,4H2,1H3. The van der Waals surface area contributed by atoms with Crippen molar-refractivity contribution in [2.75, 3.05) is 7.05 Å². The molecule has 0 amide bonds. The molecule has 0 aliphatic rings. The summed E-state index contributed by atoms with van der Waals surface area (Å²) in [4.78, 5) is 4.23. The van der Waals surface area contributed by atoms with Gasteiger partial charge in [0.2, 0.25) is 11.1 Å². The van der Waals surface area contributed by atoms with Gasteiger partial charge in [0, 0.05) is 6.54 Å². The second-order valence-electron chi connectivity index (χ2n) is 2.78. The first-order chi connectivity index (χ1) is 6.81. The highest BCUT2D eigenvalue weighted by molar-refractivity contribution is 6.31. The maximum absolute atomic E-state index is 5.78. The third-order valence-electron chi connectivity index (χ3n) is 1.76. The minimum atomic E-state index is 0.294. The molecule has 5 heteroatoms. The summed E-state index contributed by atoms with van der Waals surface area (Å²) >= 11 is 5.78. The molecule has 2 heterocycles. The number of furan rings is 1. The monoisotopic (exact) mass is 212 g/mol. The van der Waals surface area contributed by atoms with Gasteiger partial charge >= 0.3 is 0 Å². The van der Waals surface area contributed by atoms with Crippen molar-refractivity contribution < 1.29 is 8.83 Å². The average Bonchev–Trinajstić information content (AvgIpc) is 2.74. The van der Waals surface area contributed by atoms with Crippen LogP contribution in [-0.4, -0.2) is 12.0 Å². The Labute approximate surface area is 85.9 Å². The van der Waals surface area contributed by atoms with Crippen molar-refractivity contribution in [3.8, 4) is 11.5 Å². The summed E-state index contributed by atoms with van der Waals surface area (Å²) in [6.45, 7) is 0.666. The van der Waals surface area contributed by atoms with Crippen LogP contribution in [0.25, 0.3) is 11.5 Å². The molecule has 0 bridgehead atoms. The van der Waals surface area contributed by atoms with Crippen LogP contribution in [0.2, 0.25) is 5.22 Å². The predicted molar refractivity (Wildman–Crippen MR) is 52.0 cm³/mol. The molecule has 2 rings (SSSR count). The van der Waals surface area contributed by atoms with Crippen LogP contribution >= 0.6 is 11.6 Å². The Bertz CT molecular complexity index is 422. The molecule has 0 fully saturated rings. The van der Waals surface area contributed by atoms with Crippen molar-refractivity contribution >= 4 is 11.6 Å². The Hall–Kier alpha value is -1.26. The lowest BCUT2D eigenvalue weighted by Gasteiger charge is -1.89. The third-order valence-corrected chi connectivity index (χ3v) is 2.05. The van der Waals surface area contributed by atoms with Gasteiger partial charge in [-0.3, -0.25) is 0 Å².